The van der Waals surface area contributed by atoms with Crippen molar-refractivity contribution in [2.45, 2.75) is 33.0 Å². The first-order valence-electron chi connectivity index (χ1n) is 10.3. The predicted octanol–water partition coefficient (Wildman–Crippen LogP) is 4.53. The van der Waals surface area contributed by atoms with Crippen LogP contribution >= 0.6 is 11.3 Å². The maximum Gasteiger partial charge on any atom is 0.338 e. The lowest BCUT2D eigenvalue weighted by atomic mass is 10.1. The molecular weight excluding hydrogens is 444 g/mol. The number of thiazole rings is 1. The minimum absolute atomic E-state index is 0.0285. The standard InChI is InChI=1S/C24H24N2O6S/c1-14-9-16-10-17(11-21(30-4)22(16)32-14)23(28)31-12-18-13-33-24(25-18)26(15(2)27)19-7-5-6-8-20(19)29-3/h5-8,10-11,13-14H,9,12H2,1-4H3/t14-/m0/s1. The van der Waals surface area contributed by atoms with Crippen LogP contribution in [0.25, 0.3) is 0 Å². The fourth-order valence-corrected chi connectivity index (χ4v) is 4.54. The van der Waals surface area contributed by atoms with E-state index in [4.69, 9.17) is 18.9 Å². The number of para-hydroxylation sites is 2. The number of methoxy groups -OCH3 is 2. The molecule has 0 N–H and O–H groups in total. The number of esters is 1. The molecule has 33 heavy (non-hydrogen) atoms. The van der Waals surface area contributed by atoms with Gasteiger partial charge in [0.25, 0.3) is 0 Å². The number of aromatic nitrogens is 1. The molecule has 1 atom stereocenters. The highest BCUT2D eigenvalue weighted by atomic mass is 32.1. The first-order chi connectivity index (χ1) is 15.9. The molecule has 1 aromatic heterocycles. The summed E-state index contributed by atoms with van der Waals surface area (Å²) in [5.41, 5.74) is 2.43. The summed E-state index contributed by atoms with van der Waals surface area (Å²) in [6.45, 7) is 3.39. The Morgan fingerprint density at radius 3 is 2.67 bits per heavy atom. The number of fused-ring (bicyclic) bond motifs is 1. The van der Waals surface area contributed by atoms with Gasteiger partial charge in [-0.1, -0.05) is 12.1 Å². The molecule has 0 aliphatic carbocycles. The summed E-state index contributed by atoms with van der Waals surface area (Å²) >= 11 is 1.28. The number of ether oxygens (including phenoxy) is 4. The molecule has 2 aromatic carbocycles. The van der Waals surface area contributed by atoms with E-state index < -0.39 is 5.97 Å². The zero-order chi connectivity index (χ0) is 23.5. The van der Waals surface area contributed by atoms with Crippen molar-refractivity contribution in [2.75, 3.05) is 19.1 Å². The van der Waals surface area contributed by atoms with Crippen molar-refractivity contribution in [3.63, 3.8) is 0 Å². The van der Waals surface area contributed by atoms with E-state index in [1.54, 1.807) is 36.8 Å². The van der Waals surface area contributed by atoms with Gasteiger partial charge in [-0.2, -0.15) is 0 Å². The fraction of sp³-hybridized carbons (Fsp3) is 0.292. The Bertz CT molecular complexity index is 1190. The predicted molar refractivity (Wildman–Crippen MR) is 124 cm³/mol. The molecule has 0 saturated carbocycles. The molecule has 0 fully saturated rings. The Labute approximate surface area is 195 Å². The van der Waals surface area contributed by atoms with Gasteiger partial charge in [-0.3, -0.25) is 9.69 Å². The Balaban J connectivity index is 1.50. The van der Waals surface area contributed by atoms with E-state index in [1.165, 1.54) is 30.3 Å². The van der Waals surface area contributed by atoms with Crippen molar-refractivity contribution in [1.82, 2.24) is 4.98 Å². The molecule has 0 radical (unpaired) electrons. The van der Waals surface area contributed by atoms with Crippen molar-refractivity contribution in [3.05, 3.63) is 58.6 Å². The van der Waals surface area contributed by atoms with Crippen molar-refractivity contribution in [3.8, 4) is 17.2 Å². The molecule has 3 aromatic rings. The van der Waals surface area contributed by atoms with Crippen LogP contribution in [0.4, 0.5) is 10.8 Å². The largest absolute Gasteiger partial charge is 0.495 e. The lowest BCUT2D eigenvalue weighted by Crippen LogP contribution is -2.23. The minimum Gasteiger partial charge on any atom is -0.495 e. The Morgan fingerprint density at radius 2 is 1.94 bits per heavy atom. The van der Waals surface area contributed by atoms with Gasteiger partial charge in [0.15, 0.2) is 16.6 Å². The van der Waals surface area contributed by atoms with E-state index in [0.29, 0.717) is 45.7 Å². The topological polar surface area (TPSA) is 87.2 Å². The van der Waals surface area contributed by atoms with E-state index in [2.05, 4.69) is 4.98 Å². The summed E-state index contributed by atoms with van der Waals surface area (Å²) in [4.78, 5) is 31.0. The maximum atomic E-state index is 12.7. The zero-order valence-electron chi connectivity index (χ0n) is 18.8. The summed E-state index contributed by atoms with van der Waals surface area (Å²) in [5.74, 6) is 1.04. The van der Waals surface area contributed by atoms with Crippen molar-refractivity contribution in [1.29, 1.82) is 0 Å². The fourth-order valence-electron chi connectivity index (χ4n) is 3.68. The molecule has 9 heteroatoms. The molecule has 0 bridgehead atoms. The monoisotopic (exact) mass is 468 g/mol. The van der Waals surface area contributed by atoms with Gasteiger partial charge in [0, 0.05) is 24.3 Å². The van der Waals surface area contributed by atoms with Gasteiger partial charge in [0.1, 0.15) is 18.5 Å². The second-order valence-electron chi connectivity index (χ2n) is 7.52. The van der Waals surface area contributed by atoms with Crippen molar-refractivity contribution in [2.24, 2.45) is 0 Å². The summed E-state index contributed by atoms with van der Waals surface area (Å²) < 4.78 is 22.0. The lowest BCUT2D eigenvalue weighted by molar-refractivity contribution is -0.115. The third-order valence-corrected chi connectivity index (χ3v) is 6.01. The molecule has 0 unspecified atom stereocenters. The third kappa shape index (κ3) is 4.63. The number of hydrogen-bond acceptors (Lipinski definition) is 8. The number of anilines is 2. The van der Waals surface area contributed by atoms with Gasteiger partial charge in [-0.15, -0.1) is 11.3 Å². The lowest BCUT2D eigenvalue weighted by Gasteiger charge is -2.20. The number of nitrogens with zero attached hydrogens (tertiary/aromatic N) is 2. The van der Waals surface area contributed by atoms with Crippen LogP contribution in [-0.2, 0) is 22.6 Å². The van der Waals surface area contributed by atoms with Crippen molar-refractivity contribution < 1.29 is 28.5 Å². The van der Waals surface area contributed by atoms with Crippen LogP contribution in [0.2, 0.25) is 0 Å². The molecule has 8 nitrogen and oxygen atoms in total. The average molecular weight is 469 g/mol. The van der Waals surface area contributed by atoms with E-state index in [1.807, 2.05) is 19.1 Å². The molecule has 172 valence electrons. The van der Waals surface area contributed by atoms with E-state index in [0.717, 1.165) is 5.56 Å². The third-order valence-electron chi connectivity index (χ3n) is 5.14. The highest BCUT2D eigenvalue weighted by Crippen LogP contribution is 2.39. The summed E-state index contributed by atoms with van der Waals surface area (Å²) in [7, 11) is 3.08. The highest BCUT2D eigenvalue weighted by Gasteiger charge is 2.26. The Hall–Kier alpha value is -3.59. The van der Waals surface area contributed by atoms with Crippen LogP contribution in [0.1, 0.15) is 35.5 Å². The normalized spacial score (nSPS) is 14.2. The number of carbonyl (C=O) groups is 2. The first-order valence-corrected chi connectivity index (χ1v) is 11.2. The van der Waals surface area contributed by atoms with Crippen LogP contribution in [0.15, 0.2) is 41.8 Å². The number of benzene rings is 2. The maximum absolute atomic E-state index is 12.7. The van der Waals surface area contributed by atoms with Crippen LogP contribution in [0.3, 0.4) is 0 Å². The van der Waals surface area contributed by atoms with Crippen LogP contribution in [0.5, 0.6) is 17.2 Å². The molecule has 0 spiro atoms. The SMILES string of the molecule is COc1ccccc1N(C(C)=O)c1nc(COC(=O)c2cc3c(c(OC)c2)O[C@@H](C)C3)cs1. The van der Waals surface area contributed by atoms with E-state index in [-0.39, 0.29) is 18.6 Å². The van der Waals surface area contributed by atoms with E-state index >= 15 is 0 Å². The second-order valence-corrected chi connectivity index (χ2v) is 8.36. The Kier molecular flexibility index (Phi) is 6.50. The number of amides is 1. The second kappa shape index (κ2) is 9.50. The summed E-state index contributed by atoms with van der Waals surface area (Å²) in [6.07, 6.45) is 0.729. The van der Waals surface area contributed by atoms with Gasteiger partial charge in [-0.25, -0.2) is 9.78 Å². The molecular formula is C24H24N2O6S. The molecule has 1 amide bonds. The van der Waals surface area contributed by atoms with Gasteiger partial charge < -0.3 is 18.9 Å². The quantitative estimate of drug-likeness (QED) is 0.471. The number of hydrogen-bond donors (Lipinski definition) is 0. The minimum atomic E-state index is -0.488. The average Bonchev–Trinajstić information content (AvgIpc) is 3.42. The first kappa shape index (κ1) is 22.6. The Morgan fingerprint density at radius 1 is 1.18 bits per heavy atom. The number of rotatable bonds is 7. The molecule has 1 aliphatic rings. The molecule has 4 rings (SSSR count). The summed E-state index contributed by atoms with van der Waals surface area (Å²) in [5, 5.41) is 2.22. The molecule has 1 aliphatic heterocycles. The van der Waals surface area contributed by atoms with Crippen LogP contribution in [-0.4, -0.2) is 37.2 Å². The highest BCUT2D eigenvalue weighted by molar-refractivity contribution is 7.14. The van der Waals surface area contributed by atoms with Gasteiger partial charge in [-0.05, 0) is 31.2 Å². The van der Waals surface area contributed by atoms with Gasteiger partial charge in [0.2, 0.25) is 5.91 Å². The van der Waals surface area contributed by atoms with Gasteiger partial charge in [0.05, 0.1) is 31.2 Å². The van der Waals surface area contributed by atoms with Crippen LogP contribution in [0, 0.1) is 0 Å². The summed E-state index contributed by atoms with van der Waals surface area (Å²) in [6, 6.07) is 10.6. The molecule has 0 saturated heterocycles. The smallest absolute Gasteiger partial charge is 0.338 e. The number of carbonyl (C=O) groups excluding carboxylic acids is 2. The van der Waals surface area contributed by atoms with E-state index in [9.17, 15) is 9.59 Å². The van der Waals surface area contributed by atoms with Crippen molar-refractivity contribution >= 4 is 34.0 Å². The molecule has 2 heterocycles. The van der Waals surface area contributed by atoms with Gasteiger partial charge >= 0.3 is 5.97 Å². The zero-order valence-corrected chi connectivity index (χ0v) is 19.6. The van der Waals surface area contributed by atoms with Crippen LogP contribution < -0.4 is 19.1 Å².